The maximum atomic E-state index is 12.2. The average Bonchev–Trinajstić information content (AvgIpc) is 3.00. The number of morpholine rings is 1. The van der Waals surface area contributed by atoms with Gasteiger partial charge in [-0.2, -0.15) is 0 Å². The maximum absolute atomic E-state index is 12.2. The number of hydrogen-bond acceptors (Lipinski definition) is 5. The van der Waals surface area contributed by atoms with Crippen molar-refractivity contribution in [3.05, 3.63) is 35.4 Å². The van der Waals surface area contributed by atoms with E-state index in [1.54, 1.807) is 11.8 Å². The highest BCUT2D eigenvalue weighted by atomic mass is 32.2. The summed E-state index contributed by atoms with van der Waals surface area (Å²) in [5.41, 5.74) is 1.89. The lowest BCUT2D eigenvalue weighted by atomic mass is 10.1. The van der Waals surface area contributed by atoms with Crippen molar-refractivity contribution in [2.24, 2.45) is 4.99 Å². The molecule has 0 radical (unpaired) electrons. The van der Waals surface area contributed by atoms with Crippen LogP contribution < -0.4 is 5.32 Å². The van der Waals surface area contributed by atoms with Gasteiger partial charge >= 0.3 is 0 Å². The molecule has 0 aromatic heterocycles. The molecule has 1 amide bonds. The number of carbonyl (C=O) groups is 1. The van der Waals surface area contributed by atoms with Gasteiger partial charge in [0.15, 0.2) is 5.17 Å². The monoisotopic (exact) mass is 333 g/mol. The van der Waals surface area contributed by atoms with Gasteiger partial charge in [0, 0.05) is 31.0 Å². The van der Waals surface area contributed by atoms with Crippen LogP contribution in [0.4, 0.5) is 0 Å². The lowest BCUT2D eigenvalue weighted by Crippen LogP contribution is -2.44. The van der Waals surface area contributed by atoms with Crippen LogP contribution in [0.5, 0.6) is 0 Å². The van der Waals surface area contributed by atoms with Crippen molar-refractivity contribution in [1.82, 2.24) is 10.2 Å². The Bertz CT molecular complexity index is 578. The largest absolute Gasteiger partial charge is 0.373 e. The smallest absolute Gasteiger partial charge is 0.257 e. The highest BCUT2D eigenvalue weighted by Crippen LogP contribution is 2.15. The zero-order valence-electron chi connectivity index (χ0n) is 13.6. The van der Waals surface area contributed by atoms with Gasteiger partial charge in [-0.15, -0.1) is 0 Å². The summed E-state index contributed by atoms with van der Waals surface area (Å²) in [7, 11) is 0. The van der Waals surface area contributed by atoms with Crippen molar-refractivity contribution in [3.63, 3.8) is 0 Å². The summed E-state index contributed by atoms with van der Waals surface area (Å²) >= 11 is 1.59. The van der Waals surface area contributed by atoms with Crippen LogP contribution >= 0.6 is 11.8 Å². The van der Waals surface area contributed by atoms with Gasteiger partial charge < -0.3 is 10.1 Å². The first-order valence-corrected chi connectivity index (χ1v) is 9.04. The predicted octanol–water partition coefficient (Wildman–Crippen LogP) is 2.13. The van der Waals surface area contributed by atoms with E-state index in [1.807, 2.05) is 24.3 Å². The fourth-order valence-electron chi connectivity index (χ4n) is 3.01. The number of nitrogens with one attached hydrogen (secondary N) is 1. The molecule has 23 heavy (non-hydrogen) atoms. The van der Waals surface area contributed by atoms with Crippen molar-refractivity contribution < 1.29 is 9.53 Å². The molecule has 2 aliphatic rings. The van der Waals surface area contributed by atoms with E-state index in [-0.39, 0.29) is 18.1 Å². The van der Waals surface area contributed by atoms with Gasteiger partial charge in [-0.3, -0.25) is 14.7 Å². The van der Waals surface area contributed by atoms with Gasteiger partial charge in [0.25, 0.3) is 5.91 Å². The minimum Gasteiger partial charge on any atom is -0.373 e. The van der Waals surface area contributed by atoms with Gasteiger partial charge in [-0.25, -0.2) is 0 Å². The third-order valence-corrected chi connectivity index (χ3v) is 4.81. The number of carbonyl (C=O) groups excluding carboxylic acids is 1. The number of benzene rings is 1. The number of ether oxygens (including phenoxy) is 1. The molecule has 0 saturated carbocycles. The lowest BCUT2D eigenvalue weighted by molar-refractivity contribution is -0.0704. The Hall–Kier alpha value is -1.37. The Balaban J connectivity index is 1.57. The standard InChI is InChI=1S/C17H23N3O2S/c1-12-9-20(10-13(2)22-12)11-14-3-5-15(6-4-14)16(21)19-17-18-7-8-23-17/h3-6,12-13H,7-11H2,1-2H3,(H,18,19,21). The molecule has 2 atom stereocenters. The van der Waals surface area contributed by atoms with Gasteiger partial charge in [0.1, 0.15) is 0 Å². The lowest BCUT2D eigenvalue weighted by Gasteiger charge is -2.35. The first kappa shape index (κ1) is 16.5. The van der Waals surface area contributed by atoms with Crippen molar-refractivity contribution in [2.45, 2.75) is 32.6 Å². The Kier molecular flexibility index (Phi) is 5.35. The highest BCUT2D eigenvalue weighted by molar-refractivity contribution is 8.14. The highest BCUT2D eigenvalue weighted by Gasteiger charge is 2.22. The van der Waals surface area contributed by atoms with E-state index in [0.717, 1.165) is 37.1 Å². The second kappa shape index (κ2) is 7.47. The van der Waals surface area contributed by atoms with Crippen LogP contribution in [0.25, 0.3) is 0 Å². The molecule has 1 fully saturated rings. The fraction of sp³-hybridized carbons (Fsp3) is 0.529. The van der Waals surface area contributed by atoms with E-state index < -0.39 is 0 Å². The molecule has 6 heteroatoms. The number of rotatable bonds is 3. The third-order valence-electron chi connectivity index (χ3n) is 3.92. The summed E-state index contributed by atoms with van der Waals surface area (Å²) in [6.07, 6.45) is 0.543. The minimum atomic E-state index is -0.0849. The van der Waals surface area contributed by atoms with E-state index in [0.29, 0.717) is 5.56 Å². The van der Waals surface area contributed by atoms with Crippen molar-refractivity contribution >= 4 is 22.8 Å². The Morgan fingerprint density at radius 3 is 2.61 bits per heavy atom. The second-order valence-electron chi connectivity index (χ2n) is 6.14. The van der Waals surface area contributed by atoms with E-state index >= 15 is 0 Å². The SMILES string of the molecule is CC1CN(Cc2ccc(C(=O)NC3=NCCS3)cc2)CC(C)O1. The van der Waals surface area contributed by atoms with Gasteiger partial charge in [-0.1, -0.05) is 23.9 Å². The molecule has 124 valence electrons. The van der Waals surface area contributed by atoms with Crippen LogP contribution in [-0.4, -0.2) is 53.6 Å². The summed E-state index contributed by atoms with van der Waals surface area (Å²) in [5.74, 6) is 0.864. The third kappa shape index (κ3) is 4.56. The predicted molar refractivity (Wildman–Crippen MR) is 94.0 cm³/mol. The average molecular weight is 333 g/mol. The fourth-order valence-corrected chi connectivity index (χ4v) is 3.74. The molecule has 0 aliphatic carbocycles. The zero-order chi connectivity index (χ0) is 16.2. The van der Waals surface area contributed by atoms with Gasteiger partial charge in [0.05, 0.1) is 18.8 Å². The normalized spacial score (nSPS) is 25.2. The van der Waals surface area contributed by atoms with Crippen LogP contribution in [0.1, 0.15) is 29.8 Å². The Labute approximate surface area is 141 Å². The number of hydrogen-bond donors (Lipinski definition) is 1. The quantitative estimate of drug-likeness (QED) is 0.921. The zero-order valence-corrected chi connectivity index (χ0v) is 14.4. The number of amidine groups is 1. The van der Waals surface area contributed by atoms with Crippen LogP contribution in [0.15, 0.2) is 29.3 Å². The summed E-state index contributed by atoms with van der Waals surface area (Å²) in [5, 5.41) is 3.59. The molecule has 0 bridgehead atoms. The maximum Gasteiger partial charge on any atom is 0.257 e. The number of aliphatic imine (C=N–C) groups is 1. The summed E-state index contributed by atoms with van der Waals surface area (Å²) in [6, 6.07) is 7.84. The minimum absolute atomic E-state index is 0.0849. The number of nitrogens with zero attached hydrogens (tertiary/aromatic N) is 2. The molecule has 1 aromatic carbocycles. The molecule has 2 aliphatic heterocycles. The first-order valence-electron chi connectivity index (χ1n) is 8.05. The molecule has 5 nitrogen and oxygen atoms in total. The number of thioether (sulfide) groups is 1. The van der Waals surface area contributed by atoms with Crippen molar-refractivity contribution in [3.8, 4) is 0 Å². The Morgan fingerprint density at radius 2 is 2.00 bits per heavy atom. The van der Waals surface area contributed by atoms with Crippen LogP contribution in [0.2, 0.25) is 0 Å². The van der Waals surface area contributed by atoms with Crippen molar-refractivity contribution in [2.75, 3.05) is 25.4 Å². The van der Waals surface area contributed by atoms with E-state index in [2.05, 4.69) is 29.1 Å². The summed E-state index contributed by atoms with van der Waals surface area (Å²) in [6.45, 7) is 7.80. The number of amides is 1. The summed E-state index contributed by atoms with van der Waals surface area (Å²) in [4.78, 5) is 18.8. The van der Waals surface area contributed by atoms with E-state index in [1.165, 1.54) is 5.56 Å². The molecule has 1 saturated heterocycles. The van der Waals surface area contributed by atoms with Gasteiger partial charge in [-0.05, 0) is 31.5 Å². The van der Waals surface area contributed by atoms with Crippen molar-refractivity contribution in [1.29, 1.82) is 0 Å². The van der Waals surface area contributed by atoms with E-state index in [4.69, 9.17) is 4.74 Å². The molecular formula is C17H23N3O2S. The van der Waals surface area contributed by atoms with Crippen LogP contribution in [0, 0.1) is 0 Å². The molecule has 1 N–H and O–H groups in total. The Morgan fingerprint density at radius 1 is 1.30 bits per heavy atom. The van der Waals surface area contributed by atoms with Gasteiger partial charge in [0.2, 0.25) is 0 Å². The molecule has 2 heterocycles. The molecule has 0 spiro atoms. The first-order chi connectivity index (χ1) is 11.1. The topological polar surface area (TPSA) is 53.9 Å². The molecule has 3 rings (SSSR count). The second-order valence-corrected chi connectivity index (χ2v) is 7.22. The molecular weight excluding hydrogens is 310 g/mol. The van der Waals surface area contributed by atoms with Crippen LogP contribution in [-0.2, 0) is 11.3 Å². The van der Waals surface area contributed by atoms with E-state index in [9.17, 15) is 4.79 Å². The van der Waals surface area contributed by atoms with Crippen LogP contribution in [0.3, 0.4) is 0 Å². The molecule has 1 aromatic rings. The molecule has 2 unspecified atom stereocenters. The summed E-state index contributed by atoms with van der Waals surface area (Å²) < 4.78 is 5.76.